The van der Waals surface area contributed by atoms with Gasteiger partial charge in [-0.25, -0.2) is 0 Å². The van der Waals surface area contributed by atoms with Gasteiger partial charge in [-0.1, -0.05) is 27.6 Å². The Bertz CT molecular complexity index is 836. The minimum absolute atomic E-state index is 0.245. The molecule has 0 spiro atoms. The zero-order chi connectivity index (χ0) is 15.0. The maximum Gasteiger partial charge on any atom is 0.291 e. The second-order valence-electron chi connectivity index (χ2n) is 5.07. The van der Waals surface area contributed by atoms with Crippen LogP contribution in [-0.4, -0.2) is 5.91 Å². The molecule has 3 aromatic rings. The summed E-state index contributed by atoms with van der Waals surface area (Å²) in [6.07, 6.45) is 0. The van der Waals surface area contributed by atoms with Gasteiger partial charge in [0.2, 0.25) is 0 Å². The predicted octanol–water partition coefficient (Wildman–Crippen LogP) is 5.06. The maximum atomic E-state index is 12.2. The van der Waals surface area contributed by atoms with Gasteiger partial charge in [0.25, 0.3) is 5.91 Å². The first-order chi connectivity index (χ1) is 10.0. The number of aryl methyl sites for hydroxylation is 2. The van der Waals surface area contributed by atoms with Gasteiger partial charge in [0.15, 0.2) is 5.76 Å². The van der Waals surface area contributed by atoms with Gasteiger partial charge in [-0.05, 0) is 55.8 Å². The van der Waals surface area contributed by atoms with Crippen LogP contribution in [0.5, 0.6) is 0 Å². The molecule has 0 fully saturated rings. The fraction of sp³-hybridized carbons (Fsp3) is 0.118. The summed E-state index contributed by atoms with van der Waals surface area (Å²) >= 11 is 3.44. The van der Waals surface area contributed by atoms with Crippen molar-refractivity contribution in [2.75, 3.05) is 5.32 Å². The fourth-order valence-corrected chi connectivity index (χ4v) is 2.44. The number of furan rings is 1. The van der Waals surface area contributed by atoms with E-state index >= 15 is 0 Å². The molecule has 1 N–H and O–H groups in total. The van der Waals surface area contributed by atoms with E-state index in [1.165, 1.54) is 0 Å². The minimum atomic E-state index is -0.245. The molecule has 1 amide bonds. The molecule has 0 saturated carbocycles. The molecular weight excluding hydrogens is 330 g/mol. The number of carbonyl (C=O) groups excluding carboxylic acids is 1. The number of halogens is 1. The van der Waals surface area contributed by atoms with Crippen LogP contribution in [-0.2, 0) is 0 Å². The molecule has 0 aliphatic heterocycles. The third-order valence-corrected chi connectivity index (χ3v) is 4.20. The monoisotopic (exact) mass is 343 g/mol. The summed E-state index contributed by atoms with van der Waals surface area (Å²) in [6.45, 7) is 3.99. The number of fused-ring (bicyclic) bond motifs is 1. The van der Waals surface area contributed by atoms with Crippen molar-refractivity contribution in [1.82, 2.24) is 0 Å². The lowest BCUT2D eigenvalue weighted by Crippen LogP contribution is -2.10. The highest BCUT2D eigenvalue weighted by molar-refractivity contribution is 9.10. The molecule has 0 saturated heterocycles. The van der Waals surface area contributed by atoms with E-state index < -0.39 is 0 Å². The summed E-state index contributed by atoms with van der Waals surface area (Å²) in [5, 5.41) is 3.79. The number of benzene rings is 2. The Morgan fingerprint density at radius 2 is 1.90 bits per heavy atom. The summed E-state index contributed by atoms with van der Waals surface area (Å²) in [5.74, 6) is 0.0711. The molecule has 1 aromatic heterocycles. The van der Waals surface area contributed by atoms with Crippen molar-refractivity contribution in [2.45, 2.75) is 13.8 Å². The maximum absolute atomic E-state index is 12.2. The molecule has 1 heterocycles. The van der Waals surface area contributed by atoms with Crippen molar-refractivity contribution >= 4 is 38.5 Å². The Kier molecular flexibility index (Phi) is 3.55. The van der Waals surface area contributed by atoms with Crippen molar-refractivity contribution in [2.24, 2.45) is 0 Å². The summed E-state index contributed by atoms with van der Waals surface area (Å²) < 4.78 is 6.60. The Balaban J connectivity index is 1.87. The predicted molar refractivity (Wildman–Crippen MR) is 87.8 cm³/mol. The smallest absolute Gasteiger partial charge is 0.291 e. The first-order valence-corrected chi connectivity index (χ1v) is 7.40. The fourth-order valence-electron chi connectivity index (χ4n) is 2.19. The number of carbonyl (C=O) groups is 1. The largest absolute Gasteiger partial charge is 0.451 e. The molecular formula is C17H14BrNO2. The number of rotatable bonds is 2. The molecule has 0 radical (unpaired) electrons. The molecule has 4 heteroatoms. The number of nitrogens with one attached hydrogen (secondary N) is 1. The van der Waals surface area contributed by atoms with Crippen molar-refractivity contribution < 1.29 is 9.21 Å². The number of hydrogen-bond acceptors (Lipinski definition) is 2. The molecule has 0 aliphatic carbocycles. The van der Waals surface area contributed by atoms with Crippen LogP contribution in [0.3, 0.4) is 0 Å². The average Bonchev–Trinajstić information content (AvgIpc) is 2.86. The van der Waals surface area contributed by atoms with Crippen LogP contribution >= 0.6 is 15.9 Å². The van der Waals surface area contributed by atoms with Gasteiger partial charge in [0.05, 0.1) is 0 Å². The van der Waals surface area contributed by atoms with E-state index in [1.807, 2.05) is 50.2 Å². The Hall–Kier alpha value is -2.07. The van der Waals surface area contributed by atoms with Crippen LogP contribution in [0.15, 0.2) is 51.4 Å². The van der Waals surface area contributed by atoms with Crippen molar-refractivity contribution in [3.05, 3.63) is 63.8 Å². The third-order valence-electron chi connectivity index (χ3n) is 3.31. The number of amides is 1. The number of anilines is 1. The van der Waals surface area contributed by atoms with E-state index in [4.69, 9.17) is 4.42 Å². The normalized spacial score (nSPS) is 10.8. The van der Waals surface area contributed by atoms with Gasteiger partial charge in [-0.2, -0.15) is 0 Å². The molecule has 2 aromatic carbocycles. The van der Waals surface area contributed by atoms with E-state index in [2.05, 4.69) is 21.2 Å². The zero-order valence-corrected chi connectivity index (χ0v) is 13.3. The summed E-state index contributed by atoms with van der Waals surface area (Å²) in [4.78, 5) is 12.2. The molecule has 0 unspecified atom stereocenters. The van der Waals surface area contributed by atoms with Gasteiger partial charge in [0.1, 0.15) is 5.58 Å². The van der Waals surface area contributed by atoms with Crippen LogP contribution in [0, 0.1) is 13.8 Å². The molecule has 3 rings (SSSR count). The van der Waals surface area contributed by atoms with Gasteiger partial charge >= 0.3 is 0 Å². The van der Waals surface area contributed by atoms with Gasteiger partial charge in [0, 0.05) is 15.5 Å². The van der Waals surface area contributed by atoms with Gasteiger partial charge < -0.3 is 9.73 Å². The summed E-state index contributed by atoms with van der Waals surface area (Å²) in [5.41, 5.74) is 3.67. The zero-order valence-electron chi connectivity index (χ0n) is 11.7. The molecule has 0 aliphatic rings. The van der Waals surface area contributed by atoms with E-state index in [1.54, 1.807) is 6.07 Å². The SMILES string of the molecule is Cc1ccc2oc(C(=O)Nc3ccc(Br)c(C)c3)cc2c1. The van der Waals surface area contributed by atoms with Gasteiger partial charge in [-0.3, -0.25) is 4.79 Å². The Labute approximate surface area is 131 Å². The highest BCUT2D eigenvalue weighted by atomic mass is 79.9. The second kappa shape index (κ2) is 5.37. The van der Waals surface area contributed by atoms with Crippen LogP contribution in [0.2, 0.25) is 0 Å². The van der Waals surface area contributed by atoms with E-state index in [-0.39, 0.29) is 5.91 Å². The van der Waals surface area contributed by atoms with Crippen molar-refractivity contribution in [3.63, 3.8) is 0 Å². The third kappa shape index (κ3) is 2.85. The second-order valence-corrected chi connectivity index (χ2v) is 5.92. The summed E-state index contributed by atoms with van der Waals surface area (Å²) in [7, 11) is 0. The Morgan fingerprint density at radius 3 is 2.67 bits per heavy atom. The quantitative estimate of drug-likeness (QED) is 0.706. The van der Waals surface area contributed by atoms with Crippen molar-refractivity contribution in [3.8, 4) is 0 Å². The molecule has 0 bridgehead atoms. The van der Waals surface area contributed by atoms with Crippen molar-refractivity contribution in [1.29, 1.82) is 0 Å². The first kappa shape index (κ1) is 13.9. The average molecular weight is 344 g/mol. The van der Waals surface area contributed by atoms with Crippen LogP contribution in [0.4, 0.5) is 5.69 Å². The molecule has 0 atom stereocenters. The lowest BCUT2D eigenvalue weighted by atomic mass is 10.2. The molecule has 21 heavy (non-hydrogen) atoms. The van der Waals surface area contributed by atoms with E-state index in [0.29, 0.717) is 5.76 Å². The van der Waals surface area contributed by atoms with Gasteiger partial charge in [-0.15, -0.1) is 0 Å². The molecule has 3 nitrogen and oxygen atoms in total. The summed E-state index contributed by atoms with van der Waals surface area (Å²) in [6, 6.07) is 13.3. The van der Waals surface area contributed by atoms with E-state index in [9.17, 15) is 4.79 Å². The highest BCUT2D eigenvalue weighted by Gasteiger charge is 2.13. The van der Waals surface area contributed by atoms with E-state index in [0.717, 1.165) is 32.3 Å². The standard InChI is InChI=1S/C17H14BrNO2/c1-10-3-6-15-12(7-10)9-16(21-15)17(20)19-13-4-5-14(18)11(2)8-13/h3-9H,1-2H3,(H,19,20). The first-order valence-electron chi connectivity index (χ1n) is 6.60. The Morgan fingerprint density at radius 1 is 1.10 bits per heavy atom. The lowest BCUT2D eigenvalue weighted by Gasteiger charge is -2.05. The van der Waals surface area contributed by atoms with Crippen LogP contribution in [0.25, 0.3) is 11.0 Å². The topological polar surface area (TPSA) is 42.2 Å². The number of hydrogen-bond donors (Lipinski definition) is 1. The lowest BCUT2D eigenvalue weighted by molar-refractivity contribution is 0.0998. The van der Waals surface area contributed by atoms with Crippen LogP contribution < -0.4 is 5.32 Å². The minimum Gasteiger partial charge on any atom is -0.451 e. The highest BCUT2D eigenvalue weighted by Crippen LogP contribution is 2.23. The molecule has 106 valence electrons. The van der Waals surface area contributed by atoms with Crippen LogP contribution in [0.1, 0.15) is 21.7 Å².